The van der Waals surface area contributed by atoms with Gasteiger partial charge in [0.2, 0.25) is 5.91 Å². The van der Waals surface area contributed by atoms with Gasteiger partial charge in [0.25, 0.3) is 0 Å². The zero-order chi connectivity index (χ0) is 14.1. The highest BCUT2D eigenvalue weighted by Crippen LogP contribution is 2.32. The van der Waals surface area contributed by atoms with Crippen molar-refractivity contribution >= 4 is 23.2 Å². The molecule has 0 bridgehead atoms. The van der Waals surface area contributed by atoms with E-state index in [9.17, 15) is 4.79 Å². The van der Waals surface area contributed by atoms with Crippen molar-refractivity contribution in [2.24, 2.45) is 0 Å². The van der Waals surface area contributed by atoms with Gasteiger partial charge in [-0.15, -0.1) is 0 Å². The van der Waals surface area contributed by atoms with E-state index in [2.05, 4.69) is 0 Å². The van der Waals surface area contributed by atoms with Crippen molar-refractivity contribution in [3.63, 3.8) is 0 Å². The summed E-state index contributed by atoms with van der Waals surface area (Å²) in [6.07, 6.45) is 0.432. The van der Waals surface area contributed by atoms with Gasteiger partial charge in [0.05, 0.1) is 19.6 Å². The maximum absolute atomic E-state index is 12.1. The number of nitrogens with zero attached hydrogens (tertiary/aromatic N) is 1. The minimum atomic E-state index is 0.0291. The Labute approximate surface area is 122 Å². The van der Waals surface area contributed by atoms with E-state index in [0.29, 0.717) is 18.0 Å². The molecule has 2 aromatic carbocycles. The van der Waals surface area contributed by atoms with E-state index in [4.69, 9.17) is 16.7 Å². The van der Waals surface area contributed by atoms with Crippen molar-refractivity contribution in [1.82, 2.24) is 0 Å². The first kappa shape index (κ1) is 13.2. The summed E-state index contributed by atoms with van der Waals surface area (Å²) in [6.45, 7) is 0.555. The molecule has 4 heteroatoms. The van der Waals surface area contributed by atoms with Crippen molar-refractivity contribution in [2.75, 3.05) is 4.90 Å². The van der Waals surface area contributed by atoms with Crippen molar-refractivity contribution in [1.29, 1.82) is 0 Å². The fourth-order valence-corrected chi connectivity index (χ4v) is 2.60. The molecule has 1 amide bonds. The lowest BCUT2D eigenvalue weighted by Gasteiger charge is -2.18. The molecule has 3 nitrogen and oxygen atoms in total. The maximum atomic E-state index is 12.1. The number of carbonyl (C=O) groups is 1. The quantitative estimate of drug-likeness (QED) is 0.943. The van der Waals surface area contributed by atoms with E-state index in [1.807, 2.05) is 42.5 Å². The Balaban J connectivity index is 1.87. The normalized spacial score (nSPS) is 13.7. The van der Waals surface area contributed by atoms with Crippen molar-refractivity contribution < 1.29 is 9.90 Å². The molecule has 0 unspecified atom stereocenters. The molecule has 1 aliphatic rings. The molecule has 0 saturated carbocycles. The maximum Gasteiger partial charge on any atom is 0.231 e. The smallest absolute Gasteiger partial charge is 0.231 e. The first-order valence-electron chi connectivity index (χ1n) is 6.45. The van der Waals surface area contributed by atoms with Crippen molar-refractivity contribution in [3.05, 3.63) is 64.2 Å². The largest absolute Gasteiger partial charge is 0.392 e. The van der Waals surface area contributed by atoms with Gasteiger partial charge >= 0.3 is 0 Å². The van der Waals surface area contributed by atoms with Gasteiger partial charge in [0, 0.05) is 10.7 Å². The zero-order valence-electron chi connectivity index (χ0n) is 10.8. The highest BCUT2D eigenvalue weighted by molar-refractivity contribution is 6.31. The average Bonchev–Trinajstić information content (AvgIpc) is 2.76. The predicted molar refractivity (Wildman–Crippen MR) is 78.7 cm³/mol. The number of benzene rings is 2. The minimum Gasteiger partial charge on any atom is -0.392 e. The van der Waals surface area contributed by atoms with Gasteiger partial charge in [-0.3, -0.25) is 4.79 Å². The fraction of sp³-hybridized carbons (Fsp3) is 0.188. The van der Waals surface area contributed by atoms with Crippen LogP contribution >= 0.6 is 11.6 Å². The highest BCUT2D eigenvalue weighted by atomic mass is 35.5. The number of hydrogen-bond donors (Lipinski definition) is 1. The molecule has 1 heterocycles. The minimum absolute atomic E-state index is 0.0291. The Morgan fingerprint density at radius 1 is 1.10 bits per heavy atom. The number of anilines is 1. The molecule has 0 aromatic heterocycles. The Bertz CT molecular complexity index is 652. The molecule has 102 valence electrons. The second-order valence-electron chi connectivity index (χ2n) is 4.90. The summed E-state index contributed by atoms with van der Waals surface area (Å²) in [5.74, 6) is 0.0912. The molecule has 1 aliphatic heterocycles. The van der Waals surface area contributed by atoms with Gasteiger partial charge in [0.15, 0.2) is 0 Å². The predicted octanol–water partition coefficient (Wildman–Crippen LogP) is 2.92. The molecule has 2 aromatic rings. The van der Waals surface area contributed by atoms with Gasteiger partial charge in [0.1, 0.15) is 0 Å². The summed E-state index contributed by atoms with van der Waals surface area (Å²) >= 11 is 6.01. The van der Waals surface area contributed by atoms with Crippen LogP contribution < -0.4 is 4.90 Å². The number of carbonyl (C=O) groups excluding carboxylic acids is 1. The van der Waals surface area contributed by atoms with Gasteiger partial charge in [-0.2, -0.15) is 0 Å². The molecule has 1 N–H and O–H groups in total. The van der Waals surface area contributed by atoms with Crippen LogP contribution in [0.4, 0.5) is 5.69 Å². The number of rotatable bonds is 3. The van der Waals surface area contributed by atoms with Gasteiger partial charge in [-0.1, -0.05) is 41.9 Å². The average molecular weight is 288 g/mol. The van der Waals surface area contributed by atoms with E-state index in [0.717, 1.165) is 22.4 Å². The molecule has 0 fully saturated rings. The summed E-state index contributed by atoms with van der Waals surface area (Å²) < 4.78 is 0. The topological polar surface area (TPSA) is 40.5 Å². The zero-order valence-corrected chi connectivity index (χ0v) is 11.6. The first-order valence-corrected chi connectivity index (χ1v) is 6.82. The Hall–Kier alpha value is -1.84. The number of aliphatic hydroxyl groups is 1. The van der Waals surface area contributed by atoms with E-state index >= 15 is 0 Å². The van der Waals surface area contributed by atoms with Crippen LogP contribution in [0, 0.1) is 0 Å². The van der Waals surface area contributed by atoms with E-state index in [1.54, 1.807) is 4.90 Å². The lowest BCUT2D eigenvalue weighted by atomic mass is 10.1. The van der Waals surface area contributed by atoms with Crippen LogP contribution in [-0.2, 0) is 24.4 Å². The second-order valence-corrected chi connectivity index (χ2v) is 5.34. The lowest BCUT2D eigenvalue weighted by molar-refractivity contribution is -0.117. The van der Waals surface area contributed by atoms with E-state index < -0.39 is 0 Å². The number of fused-ring (bicyclic) bond motifs is 1. The van der Waals surface area contributed by atoms with Crippen LogP contribution in [0.1, 0.15) is 16.7 Å². The molecular formula is C16H14ClNO2. The van der Waals surface area contributed by atoms with Crippen LogP contribution in [0.2, 0.25) is 5.02 Å². The summed E-state index contributed by atoms with van der Waals surface area (Å²) in [4.78, 5) is 13.9. The highest BCUT2D eigenvalue weighted by Gasteiger charge is 2.27. The summed E-state index contributed by atoms with van der Waals surface area (Å²) in [6, 6.07) is 13.2. The van der Waals surface area contributed by atoms with Crippen molar-refractivity contribution in [2.45, 2.75) is 19.6 Å². The number of halogens is 1. The lowest BCUT2D eigenvalue weighted by Crippen LogP contribution is -2.25. The summed E-state index contributed by atoms with van der Waals surface area (Å²) in [5, 5.41) is 9.67. The van der Waals surface area contributed by atoms with Crippen molar-refractivity contribution in [3.8, 4) is 0 Å². The third kappa shape index (κ3) is 2.42. The molecule has 0 saturated heterocycles. The molecular weight excluding hydrogens is 274 g/mol. The van der Waals surface area contributed by atoms with Crippen LogP contribution in [0.15, 0.2) is 42.5 Å². The third-order valence-corrected chi connectivity index (χ3v) is 3.76. The number of aliphatic hydroxyl groups excluding tert-OH is 1. The Morgan fingerprint density at radius 2 is 1.80 bits per heavy atom. The monoisotopic (exact) mass is 287 g/mol. The standard InChI is InChI=1S/C16H14ClNO2/c17-14-6-5-13-7-16(20)18(15(13)8-14)9-11-1-3-12(10-19)4-2-11/h1-6,8,19H,7,9-10H2. The number of hydrogen-bond acceptors (Lipinski definition) is 2. The van der Waals surface area contributed by atoms with Crippen LogP contribution in [0.25, 0.3) is 0 Å². The first-order chi connectivity index (χ1) is 9.67. The number of amides is 1. The molecule has 0 radical (unpaired) electrons. The van der Waals surface area contributed by atoms with E-state index in [-0.39, 0.29) is 12.5 Å². The third-order valence-electron chi connectivity index (χ3n) is 3.53. The van der Waals surface area contributed by atoms with Crippen LogP contribution in [-0.4, -0.2) is 11.0 Å². The van der Waals surface area contributed by atoms with Gasteiger partial charge in [-0.05, 0) is 28.8 Å². The van der Waals surface area contributed by atoms with Crippen LogP contribution in [0.5, 0.6) is 0 Å². The summed E-state index contributed by atoms with van der Waals surface area (Å²) in [5.41, 5.74) is 3.81. The second kappa shape index (κ2) is 5.27. The Morgan fingerprint density at radius 3 is 2.50 bits per heavy atom. The van der Waals surface area contributed by atoms with Crippen LogP contribution in [0.3, 0.4) is 0 Å². The molecule has 3 rings (SSSR count). The fourth-order valence-electron chi connectivity index (χ4n) is 2.44. The van der Waals surface area contributed by atoms with Gasteiger partial charge < -0.3 is 10.0 Å². The summed E-state index contributed by atoms with van der Waals surface area (Å²) in [7, 11) is 0. The van der Waals surface area contributed by atoms with E-state index in [1.165, 1.54) is 0 Å². The Kier molecular flexibility index (Phi) is 3.47. The molecule has 0 spiro atoms. The molecule has 0 atom stereocenters. The molecule has 0 aliphatic carbocycles. The SMILES string of the molecule is O=C1Cc2ccc(Cl)cc2N1Cc1ccc(CO)cc1. The molecule has 20 heavy (non-hydrogen) atoms. The van der Waals surface area contributed by atoms with Gasteiger partial charge in [-0.25, -0.2) is 0 Å².